The molecule has 0 aliphatic rings. The van der Waals surface area contributed by atoms with Gasteiger partial charge < -0.3 is 5.32 Å². The Morgan fingerprint density at radius 1 is 1.31 bits per heavy atom. The summed E-state index contributed by atoms with van der Waals surface area (Å²) in [6.45, 7) is -0.511. The van der Waals surface area contributed by atoms with E-state index in [2.05, 4.69) is 5.32 Å². The highest BCUT2D eigenvalue weighted by atomic mass is 35.5. The van der Waals surface area contributed by atoms with Crippen molar-refractivity contribution in [2.24, 2.45) is 0 Å². The normalized spacial score (nSPS) is 12.0. The predicted octanol–water partition coefficient (Wildman–Crippen LogP) is 4.63. The van der Waals surface area contributed by atoms with E-state index < -0.39 is 28.2 Å². The molecule has 1 aromatic carbocycles. The second-order valence-corrected chi connectivity index (χ2v) is 10.3. The Kier molecular flexibility index (Phi) is 7.28. The molecule has 5 nitrogen and oxygen atoms in total. The number of hydrogen-bond acceptors (Lipinski definition) is 5. The van der Waals surface area contributed by atoms with Gasteiger partial charge in [0.1, 0.15) is 4.21 Å². The zero-order valence-corrected chi connectivity index (χ0v) is 17.0. The average molecular weight is 461 g/mol. The number of thioether (sulfide) groups is 1. The van der Waals surface area contributed by atoms with Crippen LogP contribution in [0.15, 0.2) is 39.4 Å². The topological polar surface area (TPSA) is 66.5 Å². The molecule has 0 atom stereocenters. The summed E-state index contributed by atoms with van der Waals surface area (Å²) in [4.78, 5) is 12.2. The van der Waals surface area contributed by atoms with Crippen LogP contribution in [0.1, 0.15) is 0 Å². The molecule has 0 radical (unpaired) electrons. The molecule has 0 saturated heterocycles. The predicted molar refractivity (Wildman–Crippen MR) is 101 cm³/mol. The number of nitrogens with one attached hydrogen (secondary N) is 1. The minimum Gasteiger partial charge on any atom is -0.324 e. The minimum absolute atomic E-state index is 0.00509. The zero-order chi connectivity index (χ0) is 19.5. The number of amides is 1. The first-order valence-corrected chi connectivity index (χ1v) is 10.8. The molecular weight excluding hydrogens is 449 g/mol. The number of likely N-dealkylation sites (N-methyl/N-ethyl adjacent to an activating group) is 1. The van der Waals surface area contributed by atoms with Gasteiger partial charge in [-0.15, -0.1) is 11.3 Å². The molecule has 0 aliphatic carbocycles. The van der Waals surface area contributed by atoms with Gasteiger partial charge in [-0.2, -0.15) is 13.1 Å². The molecule has 2 rings (SSSR count). The quantitative estimate of drug-likeness (QED) is 0.611. The lowest BCUT2D eigenvalue weighted by atomic mass is 10.3. The van der Waals surface area contributed by atoms with Crippen molar-refractivity contribution in [1.29, 1.82) is 0 Å². The maximum Gasteiger partial charge on any atom is 0.289 e. The summed E-state index contributed by atoms with van der Waals surface area (Å²) >= 11 is 12.7. The SMILES string of the molecule is CN(CC(=O)Nc1cccc(Cl)c1SC(F)F)S(=O)(=O)c1ccc(Cl)s1. The van der Waals surface area contributed by atoms with Gasteiger partial charge in [0.05, 0.1) is 26.5 Å². The van der Waals surface area contributed by atoms with Crippen LogP contribution >= 0.6 is 46.3 Å². The lowest BCUT2D eigenvalue weighted by molar-refractivity contribution is -0.116. The summed E-state index contributed by atoms with van der Waals surface area (Å²) in [5.41, 5.74) is 0.0813. The summed E-state index contributed by atoms with van der Waals surface area (Å²) in [5.74, 6) is -3.42. The number of carbonyl (C=O) groups excluding carboxylic acids is 1. The number of sulfonamides is 1. The number of nitrogens with zero attached hydrogens (tertiary/aromatic N) is 1. The largest absolute Gasteiger partial charge is 0.324 e. The van der Waals surface area contributed by atoms with E-state index in [4.69, 9.17) is 23.2 Å². The molecule has 2 aromatic rings. The van der Waals surface area contributed by atoms with Gasteiger partial charge in [-0.1, -0.05) is 41.0 Å². The summed E-state index contributed by atoms with van der Waals surface area (Å²) in [7, 11) is -2.66. The Balaban J connectivity index is 2.13. The molecule has 1 heterocycles. The monoisotopic (exact) mass is 460 g/mol. The van der Waals surface area contributed by atoms with Crippen LogP contribution in [-0.4, -0.2) is 38.0 Å². The molecule has 0 fully saturated rings. The Morgan fingerprint density at radius 3 is 2.58 bits per heavy atom. The highest BCUT2D eigenvalue weighted by molar-refractivity contribution is 7.99. The van der Waals surface area contributed by atoms with Crippen molar-refractivity contribution in [3.05, 3.63) is 39.7 Å². The fourth-order valence-electron chi connectivity index (χ4n) is 1.88. The molecule has 1 aromatic heterocycles. The second-order valence-electron chi connectivity index (χ2n) is 4.86. The standard InChI is InChI=1S/C14H12Cl2F2N2O3S3/c1-20(26(22,23)12-6-5-10(16)24-12)7-11(21)19-9-4-2-3-8(15)13(9)25-14(17)18/h2-6,14H,7H2,1H3,(H,19,21). The fourth-order valence-corrected chi connectivity index (χ4v) is 5.62. The third-order valence-electron chi connectivity index (χ3n) is 3.03. The Labute approximate surface area is 167 Å². The smallest absolute Gasteiger partial charge is 0.289 e. The van der Waals surface area contributed by atoms with Gasteiger partial charge in [-0.05, 0) is 24.3 Å². The van der Waals surface area contributed by atoms with Crippen molar-refractivity contribution in [1.82, 2.24) is 4.31 Å². The van der Waals surface area contributed by atoms with Crippen LogP contribution in [-0.2, 0) is 14.8 Å². The molecule has 26 heavy (non-hydrogen) atoms. The number of carbonyl (C=O) groups is 1. The highest BCUT2D eigenvalue weighted by Crippen LogP contribution is 2.37. The van der Waals surface area contributed by atoms with Crippen LogP contribution in [0, 0.1) is 0 Å². The van der Waals surface area contributed by atoms with Gasteiger partial charge in [-0.25, -0.2) is 8.42 Å². The van der Waals surface area contributed by atoms with Gasteiger partial charge in [0.25, 0.3) is 15.8 Å². The van der Waals surface area contributed by atoms with E-state index in [9.17, 15) is 22.0 Å². The lowest BCUT2D eigenvalue weighted by Crippen LogP contribution is -2.34. The van der Waals surface area contributed by atoms with Gasteiger partial charge in [0.15, 0.2) is 0 Å². The molecular formula is C14H12Cl2F2N2O3S3. The molecule has 0 saturated carbocycles. The zero-order valence-electron chi connectivity index (χ0n) is 13.1. The molecule has 0 aliphatic heterocycles. The number of benzene rings is 1. The van der Waals surface area contributed by atoms with E-state index in [0.717, 1.165) is 15.6 Å². The third kappa shape index (κ3) is 5.30. The first-order valence-electron chi connectivity index (χ1n) is 6.86. The van der Waals surface area contributed by atoms with Crippen molar-refractivity contribution >= 4 is 67.9 Å². The number of rotatable bonds is 7. The molecule has 0 unspecified atom stereocenters. The van der Waals surface area contributed by atoms with Crippen LogP contribution in [0.3, 0.4) is 0 Å². The Bertz CT molecular complexity index is 907. The maximum atomic E-state index is 12.7. The summed E-state index contributed by atoms with van der Waals surface area (Å²) in [6.07, 6.45) is 0. The van der Waals surface area contributed by atoms with E-state index in [1.807, 2.05) is 0 Å². The fraction of sp³-hybridized carbons (Fsp3) is 0.214. The number of thiophene rings is 1. The van der Waals surface area contributed by atoms with Crippen LogP contribution in [0.5, 0.6) is 0 Å². The molecule has 142 valence electrons. The van der Waals surface area contributed by atoms with E-state index in [1.165, 1.54) is 37.4 Å². The van der Waals surface area contributed by atoms with E-state index in [-0.39, 0.29) is 31.6 Å². The van der Waals surface area contributed by atoms with Crippen molar-refractivity contribution in [3.8, 4) is 0 Å². The van der Waals surface area contributed by atoms with E-state index >= 15 is 0 Å². The number of halogens is 4. The third-order valence-corrected chi connectivity index (χ3v) is 7.81. The van der Waals surface area contributed by atoms with Gasteiger partial charge >= 0.3 is 0 Å². The summed E-state index contributed by atoms with van der Waals surface area (Å²) in [6, 6.07) is 7.08. The van der Waals surface area contributed by atoms with Gasteiger partial charge in [0, 0.05) is 7.05 Å². The first-order chi connectivity index (χ1) is 12.1. The molecule has 1 N–H and O–H groups in total. The van der Waals surface area contributed by atoms with Gasteiger partial charge in [0.2, 0.25) is 5.91 Å². The van der Waals surface area contributed by atoms with Crippen molar-refractivity contribution in [3.63, 3.8) is 0 Å². The first kappa shape index (κ1) is 21.4. The molecule has 1 amide bonds. The van der Waals surface area contributed by atoms with Gasteiger partial charge in [-0.3, -0.25) is 4.79 Å². The second kappa shape index (κ2) is 8.85. The van der Waals surface area contributed by atoms with Crippen LogP contribution in [0.4, 0.5) is 14.5 Å². The van der Waals surface area contributed by atoms with Crippen molar-refractivity contribution in [2.75, 3.05) is 18.9 Å². The average Bonchev–Trinajstić information content (AvgIpc) is 2.97. The number of anilines is 1. The number of alkyl halides is 2. The van der Waals surface area contributed by atoms with Crippen molar-refractivity contribution < 1.29 is 22.0 Å². The molecule has 0 spiro atoms. The van der Waals surface area contributed by atoms with Crippen LogP contribution in [0.2, 0.25) is 9.36 Å². The maximum absolute atomic E-state index is 12.7. The highest BCUT2D eigenvalue weighted by Gasteiger charge is 2.25. The Hall–Kier alpha value is -0.910. The van der Waals surface area contributed by atoms with E-state index in [1.54, 1.807) is 0 Å². The number of hydrogen-bond donors (Lipinski definition) is 1. The lowest BCUT2D eigenvalue weighted by Gasteiger charge is -2.17. The Morgan fingerprint density at radius 2 is 2.00 bits per heavy atom. The van der Waals surface area contributed by atoms with Crippen LogP contribution in [0.25, 0.3) is 0 Å². The summed E-state index contributed by atoms with van der Waals surface area (Å²) < 4.78 is 51.2. The van der Waals surface area contributed by atoms with E-state index in [0.29, 0.717) is 4.34 Å². The molecule has 12 heteroatoms. The minimum atomic E-state index is -3.89. The summed E-state index contributed by atoms with van der Waals surface area (Å²) in [5, 5.41) is 2.47. The van der Waals surface area contributed by atoms with Crippen molar-refractivity contribution in [2.45, 2.75) is 14.9 Å². The van der Waals surface area contributed by atoms with Crippen LogP contribution < -0.4 is 5.32 Å². The molecule has 0 bridgehead atoms.